The summed E-state index contributed by atoms with van der Waals surface area (Å²) < 4.78 is 12.3. The first-order chi connectivity index (χ1) is 17.0. The molecule has 0 fully saturated rings. The van der Waals surface area contributed by atoms with Gasteiger partial charge in [0.2, 0.25) is 12.0 Å². The van der Waals surface area contributed by atoms with Crippen molar-refractivity contribution < 1.29 is 14.3 Å². The van der Waals surface area contributed by atoms with Crippen LogP contribution in [0.1, 0.15) is 18.6 Å². The monoisotopic (exact) mass is 531 g/mol. The Hall–Kier alpha value is -4.04. The van der Waals surface area contributed by atoms with Crippen LogP contribution in [0.5, 0.6) is 5.88 Å². The lowest BCUT2D eigenvalue weighted by Gasteiger charge is -2.20. The summed E-state index contributed by atoms with van der Waals surface area (Å²) >= 11 is 3.57. The molecule has 1 unspecified atom stereocenters. The summed E-state index contributed by atoms with van der Waals surface area (Å²) in [6.45, 7) is 1.93. The van der Waals surface area contributed by atoms with Crippen LogP contribution in [-0.2, 0) is 9.53 Å². The van der Waals surface area contributed by atoms with Gasteiger partial charge < -0.3 is 15.2 Å². The Morgan fingerprint density at radius 3 is 2.34 bits per heavy atom. The summed E-state index contributed by atoms with van der Waals surface area (Å²) in [6.07, 6.45) is -1.06. The number of carbonyl (C=O) groups is 1. The van der Waals surface area contributed by atoms with Crippen LogP contribution in [0.4, 0.5) is 11.4 Å². The topological polar surface area (TPSA) is 104 Å². The molecule has 0 aliphatic rings. The summed E-state index contributed by atoms with van der Waals surface area (Å²) in [6, 6.07) is 25.2. The van der Waals surface area contributed by atoms with Gasteiger partial charge in [-0.1, -0.05) is 76.6 Å². The van der Waals surface area contributed by atoms with Crippen molar-refractivity contribution in [1.82, 2.24) is 4.98 Å². The number of nitroso groups, excluding NO2 is 1. The van der Waals surface area contributed by atoms with Gasteiger partial charge in [-0.25, -0.2) is 9.78 Å². The number of hydrogen-bond acceptors (Lipinski definition) is 7. The largest absolute Gasteiger partial charge is 0.463 e. The molecule has 8 heteroatoms. The van der Waals surface area contributed by atoms with Crippen molar-refractivity contribution in [3.8, 4) is 28.3 Å². The maximum absolute atomic E-state index is 12.8. The third-order valence-corrected chi connectivity index (χ3v) is 5.98. The number of nitrogen functional groups attached to an aromatic ring is 1. The molecular formula is C27H22BrN3O4. The summed E-state index contributed by atoms with van der Waals surface area (Å²) in [5.74, 6) is -0.457. The van der Waals surface area contributed by atoms with E-state index in [1.54, 1.807) is 43.3 Å². The minimum atomic E-state index is -1.06. The summed E-state index contributed by atoms with van der Waals surface area (Å²) in [5.41, 5.74) is 10.5. The van der Waals surface area contributed by atoms with Gasteiger partial charge >= 0.3 is 5.97 Å². The fourth-order valence-corrected chi connectivity index (χ4v) is 4.07. The van der Waals surface area contributed by atoms with Gasteiger partial charge in [-0.15, -0.1) is 4.91 Å². The van der Waals surface area contributed by atoms with E-state index in [1.807, 2.05) is 48.5 Å². The molecule has 1 atom stereocenters. The Morgan fingerprint density at radius 2 is 1.69 bits per heavy atom. The molecule has 1 heterocycles. The molecule has 0 aliphatic heterocycles. The molecule has 0 amide bonds. The number of rotatable bonds is 8. The van der Waals surface area contributed by atoms with Crippen molar-refractivity contribution >= 4 is 33.3 Å². The van der Waals surface area contributed by atoms with E-state index in [4.69, 9.17) is 15.2 Å². The molecule has 7 nitrogen and oxygen atoms in total. The summed E-state index contributed by atoms with van der Waals surface area (Å²) in [5, 5.41) is 2.96. The van der Waals surface area contributed by atoms with E-state index in [1.165, 1.54) is 0 Å². The van der Waals surface area contributed by atoms with Gasteiger partial charge in [0.1, 0.15) is 11.4 Å². The molecule has 0 aliphatic carbocycles. The number of benzene rings is 3. The van der Waals surface area contributed by atoms with E-state index >= 15 is 0 Å². The van der Waals surface area contributed by atoms with Gasteiger partial charge in [0.25, 0.3) is 0 Å². The lowest BCUT2D eigenvalue weighted by atomic mass is 10.0. The lowest BCUT2D eigenvalue weighted by Crippen LogP contribution is -2.22. The van der Waals surface area contributed by atoms with Crippen LogP contribution in [0.15, 0.2) is 94.6 Å². The number of esters is 1. The average Bonchev–Trinajstić information content (AvgIpc) is 2.89. The zero-order valence-electron chi connectivity index (χ0n) is 18.9. The Morgan fingerprint density at radius 1 is 1.00 bits per heavy atom. The average molecular weight is 532 g/mol. The third-order valence-electron chi connectivity index (χ3n) is 5.29. The first kappa shape index (κ1) is 24.1. The molecule has 0 radical (unpaired) electrons. The Labute approximate surface area is 211 Å². The molecule has 35 heavy (non-hydrogen) atoms. The van der Waals surface area contributed by atoms with Gasteiger partial charge in [0.05, 0.1) is 12.3 Å². The molecule has 176 valence electrons. The molecule has 3 aromatic carbocycles. The lowest BCUT2D eigenvalue weighted by molar-refractivity contribution is -0.151. The maximum Gasteiger partial charge on any atom is 0.352 e. The Balaban J connectivity index is 1.87. The molecule has 1 aromatic heterocycles. The van der Waals surface area contributed by atoms with Crippen LogP contribution in [0.3, 0.4) is 0 Å². The van der Waals surface area contributed by atoms with Gasteiger partial charge in [-0.2, -0.15) is 0 Å². The maximum atomic E-state index is 12.8. The van der Waals surface area contributed by atoms with Gasteiger partial charge in [-0.3, -0.25) is 0 Å². The fourth-order valence-electron chi connectivity index (χ4n) is 3.58. The van der Waals surface area contributed by atoms with Crippen molar-refractivity contribution in [3.63, 3.8) is 0 Å². The highest BCUT2D eigenvalue weighted by Gasteiger charge is 2.27. The highest BCUT2D eigenvalue weighted by atomic mass is 79.9. The molecule has 0 spiro atoms. The fraction of sp³-hybridized carbons (Fsp3) is 0.111. The van der Waals surface area contributed by atoms with Crippen molar-refractivity contribution in [2.45, 2.75) is 13.0 Å². The van der Waals surface area contributed by atoms with Crippen LogP contribution in [0, 0.1) is 4.91 Å². The first-order valence-corrected chi connectivity index (χ1v) is 11.7. The predicted molar refractivity (Wildman–Crippen MR) is 139 cm³/mol. The van der Waals surface area contributed by atoms with Crippen LogP contribution < -0.4 is 10.5 Å². The zero-order valence-corrected chi connectivity index (χ0v) is 20.4. The molecule has 0 bridgehead atoms. The zero-order chi connectivity index (χ0) is 24.8. The first-order valence-electron chi connectivity index (χ1n) is 10.9. The second-order valence-corrected chi connectivity index (χ2v) is 8.41. The van der Waals surface area contributed by atoms with Crippen molar-refractivity contribution in [1.29, 1.82) is 0 Å². The standard InChI is InChI=1S/C27H22BrN3O4/c1-2-34-27(32)25(18-8-4-3-5-9-18)35-26-24(29)21(17-12-14-19(31-33)15-13-17)16-23(30-26)20-10-6-7-11-22(20)28/h3-16,25H,2,29H2,1H3. The second-order valence-electron chi connectivity index (χ2n) is 7.55. The van der Waals surface area contributed by atoms with Crippen LogP contribution >= 0.6 is 15.9 Å². The number of hydrogen-bond donors (Lipinski definition) is 1. The number of carbonyl (C=O) groups excluding carboxylic acids is 1. The highest BCUT2D eigenvalue weighted by molar-refractivity contribution is 9.10. The number of halogens is 1. The highest BCUT2D eigenvalue weighted by Crippen LogP contribution is 2.39. The van der Waals surface area contributed by atoms with Crippen LogP contribution in [-0.4, -0.2) is 17.6 Å². The smallest absolute Gasteiger partial charge is 0.352 e. The minimum Gasteiger partial charge on any atom is -0.463 e. The quantitative estimate of drug-likeness (QED) is 0.197. The number of nitrogens with zero attached hydrogens (tertiary/aromatic N) is 2. The van der Waals surface area contributed by atoms with Gasteiger partial charge in [0.15, 0.2) is 0 Å². The number of aromatic nitrogens is 1. The van der Waals surface area contributed by atoms with E-state index < -0.39 is 12.1 Å². The summed E-state index contributed by atoms with van der Waals surface area (Å²) in [4.78, 5) is 28.4. The molecular weight excluding hydrogens is 510 g/mol. The Bertz CT molecular complexity index is 1340. The number of nitrogens with two attached hydrogens (primary N) is 1. The molecule has 4 aromatic rings. The van der Waals surface area contributed by atoms with E-state index in [2.05, 4.69) is 26.1 Å². The number of ether oxygens (including phenoxy) is 2. The molecule has 4 rings (SSSR count). The van der Waals surface area contributed by atoms with E-state index in [0.29, 0.717) is 22.5 Å². The van der Waals surface area contributed by atoms with Gasteiger partial charge in [0, 0.05) is 21.2 Å². The van der Waals surface area contributed by atoms with Crippen LogP contribution in [0.25, 0.3) is 22.4 Å². The van der Waals surface area contributed by atoms with Crippen LogP contribution in [0.2, 0.25) is 0 Å². The summed E-state index contributed by atoms with van der Waals surface area (Å²) in [7, 11) is 0. The predicted octanol–water partition coefficient (Wildman–Crippen LogP) is 6.84. The number of anilines is 1. The van der Waals surface area contributed by atoms with E-state index in [9.17, 15) is 9.70 Å². The molecule has 0 saturated heterocycles. The third kappa shape index (κ3) is 5.38. The SMILES string of the molecule is CCOC(=O)C(Oc1nc(-c2ccccc2Br)cc(-c2ccc(N=O)cc2)c1N)c1ccccc1. The normalized spacial score (nSPS) is 11.5. The number of pyridine rings is 1. The van der Waals surface area contributed by atoms with Crippen molar-refractivity contribution in [2.75, 3.05) is 12.3 Å². The van der Waals surface area contributed by atoms with Gasteiger partial charge in [-0.05, 0) is 41.9 Å². The van der Waals surface area contributed by atoms with E-state index in [0.717, 1.165) is 15.6 Å². The molecule has 2 N–H and O–H groups in total. The Kier molecular flexibility index (Phi) is 7.52. The molecule has 0 saturated carbocycles. The van der Waals surface area contributed by atoms with Crippen molar-refractivity contribution in [3.05, 3.63) is 99.9 Å². The van der Waals surface area contributed by atoms with E-state index in [-0.39, 0.29) is 18.2 Å². The second kappa shape index (κ2) is 10.9. The van der Waals surface area contributed by atoms with Crippen molar-refractivity contribution in [2.24, 2.45) is 5.18 Å². The minimum absolute atomic E-state index is 0.0905.